The molecule has 0 bridgehead atoms. The number of hydrogen-bond acceptors (Lipinski definition) is 6. The predicted octanol–water partition coefficient (Wildman–Crippen LogP) is 1.08. The Hall–Kier alpha value is -3.39. The first-order chi connectivity index (χ1) is 10.0. The first-order valence-corrected chi connectivity index (χ1v) is 5.89. The normalized spacial score (nSPS) is 9.52. The quantitative estimate of drug-likeness (QED) is 0.644. The van der Waals surface area contributed by atoms with Gasteiger partial charge in [0, 0.05) is 19.5 Å². The molecule has 21 heavy (non-hydrogen) atoms. The van der Waals surface area contributed by atoms with E-state index < -0.39 is 0 Å². The van der Waals surface area contributed by atoms with Crippen molar-refractivity contribution in [2.45, 2.75) is 0 Å². The van der Waals surface area contributed by atoms with Crippen molar-refractivity contribution in [1.29, 1.82) is 10.5 Å². The number of fused-ring (bicyclic) bond motifs is 1. The lowest BCUT2D eigenvalue weighted by Gasteiger charge is -2.07. The fraction of sp³-hybridized carbons (Fsp3) is 0.154. The molecule has 104 valence electrons. The number of aromatic amines is 1. The molecule has 0 saturated carbocycles. The van der Waals surface area contributed by atoms with Crippen molar-refractivity contribution >= 4 is 28.3 Å². The maximum absolute atomic E-state index is 11.8. The van der Waals surface area contributed by atoms with Crippen molar-refractivity contribution in [3.63, 3.8) is 0 Å². The first-order valence-electron chi connectivity index (χ1n) is 5.89. The third-order valence-corrected chi connectivity index (χ3v) is 2.62. The van der Waals surface area contributed by atoms with E-state index in [0.717, 1.165) is 5.39 Å². The monoisotopic (exact) mass is 281 g/mol. The van der Waals surface area contributed by atoms with Crippen LogP contribution in [0.1, 0.15) is 10.5 Å². The summed E-state index contributed by atoms with van der Waals surface area (Å²) in [5, 5.41) is 21.5. The summed E-state index contributed by atoms with van der Waals surface area (Å²) in [7, 11) is 3.32. The van der Waals surface area contributed by atoms with Crippen molar-refractivity contribution in [2.75, 3.05) is 19.5 Å². The molecule has 2 rings (SSSR count). The van der Waals surface area contributed by atoms with Crippen molar-refractivity contribution in [3.05, 3.63) is 24.0 Å². The van der Waals surface area contributed by atoms with E-state index in [4.69, 9.17) is 10.5 Å². The van der Waals surface area contributed by atoms with E-state index in [0.29, 0.717) is 17.0 Å². The van der Waals surface area contributed by atoms with Crippen LogP contribution in [0.2, 0.25) is 0 Å². The summed E-state index contributed by atoms with van der Waals surface area (Å²) in [5.41, 5.74) is 3.79. The summed E-state index contributed by atoms with van der Waals surface area (Å²) in [5.74, 6) is -0.156. The van der Waals surface area contributed by atoms with Crippen LogP contribution in [0.5, 0.6) is 0 Å². The number of amides is 1. The van der Waals surface area contributed by atoms with Crippen LogP contribution in [0.4, 0.5) is 5.69 Å². The van der Waals surface area contributed by atoms with Crippen molar-refractivity contribution < 1.29 is 4.79 Å². The molecule has 0 radical (unpaired) electrons. The molecule has 0 aliphatic carbocycles. The minimum absolute atomic E-state index is 0.156. The van der Waals surface area contributed by atoms with E-state index in [1.807, 2.05) is 0 Å². The second kappa shape index (κ2) is 5.72. The fourth-order valence-electron chi connectivity index (χ4n) is 1.63. The van der Waals surface area contributed by atoms with Crippen molar-refractivity contribution in [3.8, 4) is 12.1 Å². The van der Waals surface area contributed by atoms with E-state index in [2.05, 4.69) is 20.5 Å². The van der Waals surface area contributed by atoms with Gasteiger partial charge in [0.2, 0.25) is 5.71 Å². The third kappa shape index (κ3) is 2.96. The maximum Gasteiger partial charge on any atom is 0.269 e. The minimum Gasteiger partial charge on any atom is -0.344 e. The van der Waals surface area contributed by atoms with Gasteiger partial charge >= 0.3 is 0 Å². The zero-order valence-electron chi connectivity index (χ0n) is 11.4. The molecule has 0 unspecified atom stereocenters. The van der Waals surface area contributed by atoms with E-state index in [9.17, 15) is 4.79 Å². The Balaban J connectivity index is 2.31. The molecule has 2 N–H and O–H groups in total. The van der Waals surface area contributed by atoms with Crippen LogP contribution in [-0.4, -0.2) is 40.6 Å². The van der Waals surface area contributed by atoms with Gasteiger partial charge in [-0.25, -0.2) is 4.98 Å². The lowest BCUT2D eigenvalue weighted by atomic mass is 10.3. The summed E-state index contributed by atoms with van der Waals surface area (Å²) >= 11 is 0. The summed E-state index contributed by atoms with van der Waals surface area (Å²) in [4.78, 5) is 20.4. The van der Waals surface area contributed by atoms with E-state index >= 15 is 0 Å². The number of H-pyrrole nitrogens is 1. The molecule has 0 fully saturated rings. The summed E-state index contributed by atoms with van der Waals surface area (Å²) in [6, 6.07) is 6.67. The average molecular weight is 281 g/mol. The Bertz CT molecular complexity index is 788. The van der Waals surface area contributed by atoms with Gasteiger partial charge in [-0.05, 0) is 12.1 Å². The van der Waals surface area contributed by atoms with Gasteiger partial charge in [-0.3, -0.25) is 10.2 Å². The number of carbonyl (C=O) groups is 1. The number of nitriles is 2. The SMILES string of the molecule is CN(C)C(=O)c1cc2cc(NN=C(C#N)C#N)cnc2[nH]1. The summed E-state index contributed by atoms with van der Waals surface area (Å²) in [6.07, 6.45) is 1.48. The van der Waals surface area contributed by atoms with Gasteiger partial charge in [0.1, 0.15) is 23.5 Å². The van der Waals surface area contributed by atoms with Gasteiger partial charge in [0.25, 0.3) is 5.91 Å². The largest absolute Gasteiger partial charge is 0.344 e. The predicted molar refractivity (Wildman–Crippen MR) is 76.4 cm³/mol. The lowest BCUT2D eigenvalue weighted by molar-refractivity contribution is 0.0823. The van der Waals surface area contributed by atoms with Gasteiger partial charge in [0.05, 0.1) is 11.9 Å². The van der Waals surface area contributed by atoms with Crippen molar-refractivity contribution in [2.24, 2.45) is 5.10 Å². The van der Waals surface area contributed by atoms with Crippen LogP contribution in [0.3, 0.4) is 0 Å². The fourth-order valence-corrected chi connectivity index (χ4v) is 1.63. The molecule has 0 saturated heterocycles. The van der Waals surface area contributed by atoms with Gasteiger partial charge in [0.15, 0.2) is 0 Å². The van der Waals surface area contributed by atoms with Crippen LogP contribution in [-0.2, 0) is 0 Å². The molecule has 0 aliphatic rings. The minimum atomic E-state index is -0.285. The third-order valence-electron chi connectivity index (χ3n) is 2.62. The molecule has 2 aromatic rings. The molecule has 8 nitrogen and oxygen atoms in total. The maximum atomic E-state index is 11.8. The number of nitrogens with zero attached hydrogens (tertiary/aromatic N) is 5. The van der Waals surface area contributed by atoms with Gasteiger partial charge in [-0.15, -0.1) is 0 Å². The Kier molecular flexibility index (Phi) is 3.82. The van der Waals surface area contributed by atoms with Crippen LogP contribution in [0, 0.1) is 22.7 Å². The summed E-state index contributed by atoms with van der Waals surface area (Å²) < 4.78 is 0. The topological polar surface area (TPSA) is 121 Å². The van der Waals surface area contributed by atoms with E-state index in [1.165, 1.54) is 11.1 Å². The van der Waals surface area contributed by atoms with Gasteiger partial charge < -0.3 is 9.88 Å². The average Bonchev–Trinajstić information content (AvgIpc) is 2.90. The smallest absolute Gasteiger partial charge is 0.269 e. The highest BCUT2D eigenvalue weighted by molar-refractivity contribution is 6.10. The zero-order valence-corrected chi connectivity index (χ0v) is 11.4. The Morgan fingerprint density at radius 3 is 2.71 bits per heavy atom. The molecule has 0 aromatic carbocycles. The van der Waals surface area contributed by atoms with Crippen LogP contribution in [0.15, 0.2) is 23.4 Å². The molecule has 0 atom stereocenters. The van der Waals surface area contributed by atoms with Crippen LogP contribution < -0.4 is 5.43 Å². The molecule has 1 amide bonds. The van der Waals surface area contributed by atoms with Crippen molar-refractivity contribution in [1.82, 2.24) is 14.9 Å². The van der Waals surface area contributed by atoms with E-state index in [-0.39, 0.29) is 11.6 Å². The molecule has 2 heterocycles. The number of hydrogen-bond donors (Lipinski definition) is 2. The Labute approximate surface area is 120 Å². The van der Waals surface area contributed by atoms with Gasteiger partial charge in [-0.1, -0.05) is 0 Å². The highest BCUT2D eigenvalue weighted by Gasteiger charge is 2.12. The number of pyridine rings is 1. The van der Waals surface area contributed by atoms with Crippen LogP contribution in [0.25, 0.3) is 11.0 Å². The highest BCUT2D eigenvalue weighted by Crippen LogP contribution is 2.18. The highest BCUT2D eigenvalue weighted by atomic mass is 16.2. The molecule has 0 aliphatic heterocycles. The number of anilines is 1. The molecule has 2 aromatic heterocycles. The second-order valence-corrected chi connectivity index (χ2v) is 4.34. The summed E-state index contributed by atoms with van der Waals surface area (Å²) in [6.45, 7) is 0. The molecular formula is C13H11N7O. The number of carbonyl (C=O) groups excluding carboxylic acids is 1. The van der Waals surface area contributed by atoms with Gasteiger partial charge in [-0.2, -0.15) is 15.6 Å². The molecular weight excluding hydrogens is 270 g/mol. The molecule has 8 heteroatoms. The van der Waals surface area contributed by atoms with Crippen LogP contribution >= 0.6 is 0 Å². The standard InChI is InChI=1S/C13H11N7O/c1-20(2)13(21)11-4-8-3-9(7-16-12(8)17-11)18-19-10(5-14)6-15/h3-4,7,18H,1-2H3,(H,16,17). The Morgan fingerprint density at radius 2 is 2.10 bits per heavy atom. The lowest BCUT2D eigenvalue weighted by Crippen LogP contribution is -2.21. The van der Waals surface area contributed by atoms with E-state index in [1.54, 1.807) is 38.4 Å². The zero-order chi connectivity index (χ0) is 15.4. The molecule has 0 spiro atoms. The number of hydrazone groups is 1. The number of rotatable bonds is 3. The number of aromatic nitrogens is 2. The second-order valence-electron chi connectivity index (χ2n) is 4.34. The number of nitrogens with one attached hydrogen (secondary N) is 2. The first kappa shape index (κ1) is 14.0. The Morgan fingerprint density at radius 1 is 1.38 bits per heavy atom.